The number of piperidine rings is 1. The van der Waals surface area contributed by atoms with Gasteiger partial charge in [-0.1, -0.05) is 6.58 Å². The quantitative estimate of drug-likeness (QED) is 0.338. The van der Waals surface area contributed by atoms with Crippen molar-refractivity contribution in [2.75, 3.05) is 57.6 Å². The second-order valence-corrected chi connectivity index (χ2v) is 11.8. The molecule has 0 spiro atoms. The van der Waals surface area contributed by atoms with Crippen LogP contribution in [0.3, 0.4) is 0 Å². The van der Waals surface area contributed by atoms with Gasteiger partial charge in [-0.25, -0.2) is 9.97 Å². The van der Waals surface area contributed by atoms with Crippen molar-refractivity contribution < 1.29 is 14.3 Å². The van der Waals surface area contributed by atoms with E-state index in [1.807, 2.05) is 30.1 Å². The standard InChI is InChI=1S/C32H41N9O3/c1-6-29(42)35-25-16-26(28(43-5)17-27(25)40-13-9-22(10-14-40)38(2)3)36-32-33-11-7-30(37-32)44-24-19-41(20-24)23-15-21-8-12-39(4)31(21)34-18-23/h6-8,11-12,15,17-18,22,24-25H,1,9-10,13-14,16,19-20H2,2-5H3,(H,35,42)(H,33,36,37). The van der Waals surface area contributed by atoms with Crippen LogP contribution in [0.25, 0.3) is 11.0 Å². The first kappa shape index (κ1) is 29.5. The van der Waals surface area contributed by atoms with E-state index in [0.717, 1.165) is 67.1 Å². The Bertz CT molecular complexity index is 1580. The zero-order valence-electron chi connectivity index (χ0n) is 25.9. The molecule has 232 valence electrons. The molecule has 1 amide bonds. The normalized spacial score (nSPS) is 19.6. The number of carbonyl (C=O) groups is 1. The molecule has 1 unspecified atom stereocenters. The van der Waals surface area contributed by atoms with E-state index in [2.05, 4.69) is 73.1 Å². The van der Waals surface area contributed by atoms with Crippen LogP contribution in [-0.4, -0.2) is 101 Å². The van der Waals surface area contributed by atoms with E-state index in [-0.39, 0.29) is 18.1 Å². The highest BCUT2D eigenvalue weighted by Crippen LogP contribution is 2.31. The lowest BCUT2D eigenvalue weighted by atomic mass is 9.96. The summed E-state index contributed by atoms with van der Waals surface area (Å²) in [5.74, 6) is 1.37. The fourth-order valence-corrected chi connectivity index (χ4v) is 6.15. The minimum Gasteiger partial charge on any atom is -0.495 e. The number of allylic oxidation sites excluding steroid dienone is 1. The molecule has 0 aromatic carbocycles. The molecular formula is C32H41N9O3. The third-order valence-corrected chi connectivity index (χ3v) is 8.71. The van der Waals surface area contributed by atoms with Gasteiger partial charge in [0.2, 0.25) is 17.7 Å². The van der Waals surface area contributed by atoms with Crippen LogP contribution in [0, 0.1) is 0 Å². The van der Waals surface area contributed by atoms with Gasteiger partial charge in [-0.2, -0.15) is 4.98 Å². The smallest absolute Gasteiger partial charge is 0.243 e. The number of amides is 1. The Morgan fingerprint density at radius 1 is 1.16 bits per heavy atom. The fourth-order valence-electron chi connectivity index (χ4n) is 6.15. The minimum atomic E-state index is -0.247. The molecule has 1 atom stereocenters. The predicted molar refractivity (Wildman–Crippen MR) is 170 cm³/mol. The molecule has 44 heavy (non-hydrogen) atoms. The van der Waals surface area contributed by atoms with Crippen molar-refractivity contribution in [1.29, 1.82) is 0 Å². The summed E-state index contributed by atoms with van der Waals surface area (Å²) < 4.78 is 14.0. The second kappa shape index (κ2) is 12.6. The van der Waals surface area contributed by atoms with Gasteiger partial charge in [0.1, 0.15) is 17.5 Å². The van der Waals surface area contributed by atoms with Crippen LogP contribution < -0.4 is 20.3 Å². The summed E-state index contributed by atoms with van der Waals surface area (Å²) in [6.45, 7) is 6.96. The first-order chi connectivity index (χ1) is 21.3. The van der Waals surface area contributed by atoms with Crippen molar-refractivity contribution in [3.8, 4) is 5.88 Å². The molecular weight excluding hydrogens is 558 g/mol. The molecule has 2 saturated heterocycles. The first-order valence-electron chi connectivity index (χ1n) is 15.1. The Labute approximate surface area is 258 Å². The number of aromatic nitrogens is 4. The Hall–Kier alpha value is -4.58. The van der Waals surface area contributed by atoms with E-state index >= 15 is 0 Å². The molecule has 0 radical (unpaired) electrons. The summed E-state index contributed by atoms with van der Waals surface area (Å²) in [5, 5.41) is 7.57. The maximum Gasteiger partial charge on any atom is 0.243 e. The predicted octanol–water partition coefficient (Wildman–Crippen LogP) is 2.89. The van der Waals surface area contributed by atoms with Crippen molar-refractivity contribution in [3.63, 3.8) is 0 Å². The molecule has 0 bridgehead atoms. The Morgan fingerprint density at radius 3 is 2.68 bits per heavy atom. The van der Waals surface area contributed by atoms with Crippen LogP contribution in [0.4, 0.5) is 11.6 Å². The lowest BCUT2D eigenvalue weighted by Gasteiger charge is -2.41. The van der Waals surface area contributed by atoms with E-state index in [9.17, 15) is 4.79 Å². The van der Waals surface area contributed by atoms with Crippen LogP contribution in [0.2, 0.25) is 0 Å². The molecule has 6 rings (SSSR count). The first-order valence-corrected chi connectivity index (χ1v) is 15.1. The molecule has 5 heterocycles. The van der Waals surface area contributed by atoms with Crippen LogP contribution in [0.1, 0.15) is 19.3 Å². The highest BCUT2D eigenvalue weighted by atomic mass is 16.5. The number of hydrogen-bond acceptors (Lipinski definition) is 10. The van der Waals surface area contributed by atoms with Gasteiger partial charge in [0.05, 0.1) is 43.8 Å². The van der Waals surface area contributed by atoms with Gasteiger partial charge in [-0.15, -0.1) is 0 Å². The molecule has 3 aliphatic rings. The largest absolute Gasteiger partial charge is 0.495 e. The molecule has 12 nitrogen and oxygen atoms in total. The third kappa shape index (κ3) is 6.21. The number of hydrogen-bond donors (Lipinski definition) is 2. The number of likely N-dealkylation sites (tertiary alicyclic amines) is 1. The zero-order chi connectivity index (χ0) is 30.8. The van der Waals surface area contributed by atoms with E-state index in [1.54, 1.807) is 19.4 Å². The maximum atomic E-state index is 12.4. The number of ether oxygens (including phenoxy) is 2. The van der Waals surface area contributed by atoms with Gasteiger partial charge in [-0.05, 0) is 45.1 Å². The van der Waals surface area contributed by atoms with Crippen molar-refractivity contribution in [2.45, 2.75) is 37.5 Å². The molecule has 12 heteroatoms. The average Bonchev–Trinajstić information content (AvgIpc) is 3.38. The highest BCUT2D eigenvalue weighted by Gasteiger charge is 2.32. The summed E-state index contributed by atoms with van der Waals surface area (Å²) in [4.78, 5) is 33.0. The molecule has 3 aromatic heterocycles. The van der Waals surface area contributed by atoms with Gasteiger partial charge >= 0.3 is 0 Å². The number of rotatable bonds is 10. The number of methoxy groups -OCH3 is 1. The maximum absolute atomic E-state index is 12.4. The van der Waals surface area contributed by atoms with E-state index < -0.39 is 0 Å². The summed E-state index contributed by atoms with van der Waals surface area (Å²) in [6, 6.07) is 6.30. The van der Waals surface area contributed by atoms with Gasteiger partial charge in [0.25, 0.3) is 0 Å². The van der Waals surface area contributed by atoms with Gasteiger partial charge in [0.15, 0.2) is 0 Å². The molecule has 2 aliphatic heterocycles. The molecule has 2 N–H and O–H groups in total. The number of fused-ring (bicyclic) bond motifs is 1. The summed E-state index contributed by atoms with van der Waals surface area (Å²) in [6.07, 6.45) is 11.5. The van der Waals surface area contributed by atoms with Crippen molar-refractivity contribution in [1.82, 2.24) is 34.6 Å². The lowest BCUT2D eigenvalue weighted by Crippen LogP contribution is -2.54. The van der Waals surface area contributed by atoms with Crippen molar-refractivity contribution in [2.24, 2.45) is 7.05 Å². The number of pyridine rings is 1. The van der Waals surface area contributed by atoms with Crippen molar-refractivity contribution >= 4 is 28.6 Å². The Balaban J connectivity index is 1.13. The number of nitrogens with one attached hydrogen (secondary N) is 2. The van der Waals surface area contributed by atoms with E-state index in [1.165, 1.54) is 6.08 Å². The summed E-state index contributed by atoms with van der Waals surface area (Å²) in [5.41, 5.74) is 3.87. The zero-order valence-corrected chi connectivity index (χ0v) is 25.9. The lowest BCUT2D eigenvalue weighted by molar-refractivity contribution is -0.117. The molecule has 1 aliphatic carbocycles. The monoisotopic (exact) mass is 599 g/mol. The average molecular weight is 600 g/mol. The highest BCUT2D eigenvalue weighted by molar-refractivity contribution is 5.87. The van der Waals surface area contributed by atoms with Crippen molar-refractivity contribution in [3.05, 3.63) is 72.7 Å². The van der Waals surface area contributed by atoms with Crippen LogP contribution in [-0.2, 0) is 16.6 Å². The SMILES string of the molecule is C=CC(=O)NC1CC(Nc2nccc(OC3CN(c4cnc5c(ccn5C)c4)C3)n2)=C(OC)C=C1N1CCC(N(C)C)CC1. The number of aryl methyl sites for hydroxylation is 1. The van der Waals surface area contributed by atoms with Crippen LogP contribution in [0.5, 0.6) is 5.88 Å². The van der Waals surface area contributed by atoms with Crippen LogP contribution >= 0.6 is 0 Å². The number of carbonyl (C=O) groups excluding carboxylic acids is 1. The summed E-state index contributed by atoms with van der Waals surface area (Å²) in [7, 11) is 7.91. The number of anilines is 2. The second-order valence-electron chi connectivity index (χ2n) is 11.8. The van der Waals surface area contributed by atoms with Gasteiger partial charge < -0.3 is 39.4 Å². The van der Waals surface area contributed by atoms with E-state index in [0.29, 0.717) is 30.1 Å². The van der Waals surface area contributed by atoms with Gasteiger partial charge in [0, 0.05) is 68.2 Å². The third-order valence-electron chi connectivity index (χ3n) is 8.71. The van der Waals surface area contributed by atoms with Gasteiger partial charge in [-0.3, -0.25) is 4.79 Å². The summed E-state index contributed by atoms with van der Waals surface area (Å²) >= 11 is 0. The minimum absolute atomic E-state index is 0.00766. The molecule has 0 saturated carbocycles. The topological polar surface area (TPSA) is 113 Å². The number of nitrogens with zero attached hydrogens (tertiary/aromatic N) is 7. The Kier molecular flexibility index (Phi) is 8.42. The molecule has 3 aromatic rings. The molecule has 2 fully saturated rings. The van der Waals surface area contributed by atoms with Crippen LogP contribution in [0.15, 0.2) is 72.7 Å². The Morgan fingerprint density at radius 2 is 1.95 bits per heavy atom. The fraction of sp³-hybridized carbons (Fsp3) is 0.438. The van der Waals surface area contributed by atoms with E-state index in [4.69, 9.17) is 9.47 Å².